The zero-order valence-corrected chi connectivity index (χ0v) is 22.8. The number of rotatable bonds is 17. The number of anilines is 1. The summed E-state index contributed by atoms with van der Waals surface area (Å²) >= 11 is 0. The molecule has 8 nitrogen and oxygen atoms in total. The molecule has 37 heavy (non-hydrogen) atoms. The number of aliphatic hydroxyl groups is 3. The van der Waals surface area contributed by atoms with Crippen molar-refractivity contribution in [3.05, 3.63) is 30.3 Å². The fourth-order valence-corrected chi connectivity index (χ4v) is 4.68. The van der Waals surface area contributed by atoms with E-state index < -0.39 is 24.4 Å². The summed E-state index contributed by atoms with van der Waals surface area (Å²) < 4.78 is 11.7. The van der Waals surface area contributed by atoms with Gasteiger partial charge in [0.05, 0.1) is 12.2 Å². The lowest BCUT2D eigenvalue weighted by Crippen LogP contribution is -2.56. The first-order valence-corrected chi connectivity index (χ1v) is 13.8. The van der Waals surface area contributed by atoms with Crippen LogP contribution in [0.5, 0.6) is 0 Å². The van der Waals surface area contributed by atoms with E-state index in [0.717, 1.165) is 44.2 Å². The van der Waals surface area contributed by atoms with Crippen molar-refractivity contribution >= 4 is 17.4 Å². The third kappa shape index (κ3) is 10.4. The average molecular weight is 522 g/mol. The molecule has 1 saturated carbocycles. The van der Waals surface area contributed by atoms with Gasteiger partial charge in [-0.3, -0.25) is 9.59 Å². The second-order valence-corrected chi connectivity index (χ2v) is 10.4. The minimum atomic E-state index is -1.13. The molecule has 0 radical (unpaired) electrons. The molecule has 1 aromatic rings. The molecule has 1 aromatic carbocycles. The monoisotopic (exact) mass is 521 g/mol. The van der Waals surface area contributed by atoms with Crippen molar-refractivity contribution in [1.29, 1.82) is 0 Å². The number of para-hydroxylation sites is 1. The highest BCUT2D eigenvalue weighted by molar-refractivity contribution is 5.92. The largest absolute Gasteiger partial charge is 0.396 e. The second kappa shape index (κ2) is 16.9. The Kier molecular flexibility index (Phi) is 14.3. The Bertz CT molecular complexity index is 786. The lowest BCUT2D eigenvalue weighted by Gasteiger charge is -2.41. The SMILES string of the molecule is CC(C)C(=O)CCCCCO[C@@H]1C(CO)C[C@H](OCCCCCC(=O)N(C)c2ccccc2)[C@@H](O)C1O. The van der Waals surface area contributed by atoms with E-state index in [1.165, 1.54) is 0 Å². The zero-order chi connectivity index (χ0) is 27.2. The van der Waals surface area contributed by atoms with E-state index in [1.54, 1.807) is 11.9 Å². The fourth-order valence-electron chi connectivity index (χ4n) is 4.68. The van der Waals surface area contributed by atoms with E-state index in [-0.39, 0.29) is 30.1 Å². The van der Waals surface area contributed by atoms with E-state index in [2.05, 4.69) is 0 Å². The van der Waals surface area contributed by atoms with Crippen LogP contribution in [0.1, 0.15) is 71.6 Å². The quantitative estimate of drug-likeness (QED) is 0.269. The third-order valence-corrected chi connectivity index (χ3v) is 7.21. The summed E-state index contributed by atoms with van der Waals surface area (Å²) in [6.45, 7) is 4.47. The molecule has 0 bridgehead atoms. The van der Waals surface area contributed by atoms with Crippen LogP contribution in [0.25, 0.3) is 0 Å². The number of hydrogen-bond donors (Lipinski definition) is 3. The average Bonchev–Trinajstić information content (AvgIpc) is 2.90. The normalized spacial score (nSPS) is 23.8. The Labute approximate surface area is 222 Å². The van der Waals surface area contributed by atoms with Gasteiger partial charge < -0.3 is 29.7 Å². The zero-order valence-electron chi connectivity index (χ0n) is 22.8. The van der Waals surface area contributed by atoms with Crippen LogP contribution >= 0.6 is 0 Å². The predicted octanol–water partition coefficient (Wildman–Crippen LogP) is 3.50. The number of hydrogen-bond acceptors (Lipinski definition) is 7. The van der Waals surface area contributed by atoms with Gasteiger partial charge in [-0.1, -0.05) is 44.9 Å². The van der Waals surface area contributed by atoms with Gasteiger partial charge in [0.15, 0.2) is 0 Å². The standard InChI is InChI=1S/C29H47NO7/c1-21(2)24(32)15-9-5-12-18-37-29-22(20-31)19-25(27(34)28(29)35)36-17-11-6-10-16-26(33)30(3)23-13-7-4-8-14-23/h4,7-8,13-14,21-22,25,27-29,31,34-35H,5-6,9-12,15-20H2,1-3H3/t22?,25-,27+,28?,29+/m0/s1. The molecule has 0 aliphatic heterocycles. The van der Waals surface area contributed by atoms with Gasteiger partial charge in [0.25, 0.3) is 0 Å². The highest BCUT2D eigenvalue weighted by Gasteiger charge is 2.44. The third-order valence-electron chi connectivity index (χ3n) is 7.21. The summed E-state index contributed by atoms with van der Waals surface area (Å²) in [5.41, 5.74) is 0.875. The summed E-state index contributed by atoms with van der Waals surface area (Å²) in [6.07, 6.45) is 2.72. The summed E-state index contributed by atoms with van der Waals surface area (Å²) in [5, 5.41) is 31.1. The number of unbranched alkanes of at least 4 members (excludes halogenated alkanes) is 4. The summed E-state index contributed by atoms with van der Waals surface area (Å²) in [6, 6.07) is 9.54. The lowest BCUT2D eigenvalue weighted by molar-refractivity contribution is -0.193. The number of carbonyl (C=O) groups is 2. The van der Waals surface area contributed by atoms with Crippen LogP contribution in [0.4, 0.5) is 5.69 Å². The van der Waals surface area contributed by atoms with Crippen LogP contribution in [-0.4, -0.2) is 78.3 Å². The van der Waals surface area contributed by atoms with E-state index >= 15 is 0 Å². The van der Waals surface area contributed by atoms with Crippen molar-refractivity contribution in [2.45, 2.75) is 96.1 Å². The highest BCUT2D eigenvalue weighted by Crippen LogP contribution is 2.30. The molecule has 8 heteroatoms. The van der Waals surface area contributed by atoms with Gasteiger partial charge in [0.2, 0.25) is 5.91 Å². The van der Waals surface area contributed by atoms with Crippen LogP contribution < -0.4 is 4.90 Å². The van der Waals surface area contributed by atoms with Crippen molar-refractivity contribution < 1.29 is 34.4 Å². The number of ether oxygens (including phenoxy) is 2. The summed E-state index contributed by atoms with van der Waals surface area (Å²) in [7, 11) is 1.78. The number of ketones is 1. The summed E-state index contributed by atoms with van der Waals surface area (Å²) in [4.78, 5) is 25.7. The number of amides is 1. The Morgan fingerprint density at radius 3 is 2.16 bits per heavy atom. The Morgan fingerprint density at radius 2 is 1.54 bits per heavy atom. The number of Topliss-reactive ketones (excluding diaryl/α,β-unsaturated/α-hetero) is 1. The molecule has 3 N–H and O–H groups in total. The topological polar surface area (TPSA) is 117 Å². The van der Waals surface area contributed by atoms with Crippen molar-refractivity contribution in [2.75, 3.05) is 31.8 Å². The van der Waals surface area contributed by atoms with Crippen molar-refractivity contribution in [2.24, 2.45) is 11.8 Å². The van der Waals surface area contributed by atoms with Gasteiger partial charge in [-0.2, -0.15) is 0 Å². The fraction of sp³-hybridized carbons (Fsp3) is 0.724. The Balaban J connectivity index is 1.64. The van der Waals surface area contributed by atoms with E-state index in [0.29, 0.717) is 32.5 Å². The number of benzene rings is 1. The van der Waals surface area contributed by atoms with Crippen LogP contribution in [0, 0.1) is 11.8 Å². The predicted molar refractivity (Wildman–Crippen MR) is 143 cm³/mol. The highest BCUT2D eigenvalue weighted by atomic mass is 16.5. The molecular formula is C29H47NO7. The van der Waals surface area contributed by atoms with E-state index in [4.69, 9.17) is 9.47 Å². The van der Waals surface area contributed by atoms with Crippen LogP contribution in [0.2, 0.25) is 0 Å². The van der Waals surface area contributed by atoms with Gasteiger partial charge in [-0.05, 0) is 44.2 Å². The molecule has 1 fully saturated rings. The van der Waals surface area contributed by atoms with Gasteiger partial charge in [0.1, 0.15) is 18.0 Å². The van der Waals surface area contributed by atoms with Gasteiger partial charge in [0, 0.05) is 57.2 Å². The van der Waals surface area contributed by atoms with Crippen molar-refractivity contribution in [1.82, 2.24) is 0 Å². The first-order chi connectivity index (χ1) is 17.8. The molecular weight excluding hydrogens is 474 g/mol. The lowest BCUT2D eigenvalue weighted by atomic mass is 9.81. The molecule has 5 atom stereocenters. The molecule has 1 amide bonds. The number of nitrogens with zero attached hydrogens (tertiary/aromatic N) is 1. The molecule has 1 aliphatic carbocycles. The van der Waals surface area contributed by atoms with Crippen LogP contribution in [0.15, 0.2) is 30.3 Å². The maximum atomic E-state index is 12.4. The molecule has 210 valence electrons. The van der Waals surface area contributed by atoms with Crippen molar-refractivity contribution in [3.63, 3.8) is 0 Å². The maximum Gasteiger partial charge on any atom is 0.226 e. The summed E-state index contributed by atoms with van der Waals surface area (Å²) in [5.74, 6) is 0.0740. The number of carbonyl (C=O) groups excluding carboxylic acids is 2. The molecule has 0 spiro atoms. The van der Waals surface area contributed by atoms with Gasteiger partial charge in [-0.15, -0.1) is 0 Å². The maximum absolute atomic E-state index is 12.4. The molecule has 1 aliphatic rings. The number of aliphatic hydroxyl groups excluding tert-OH is 3. The minimum Gasteiger partial charge on any atom is -0.396 e. The Morgan fingerprint density at radius 1 is 0.919 bits per heavy atom. The van der Waals surface area contributed by atoms with Crippen LogP contribution in [-0.2, 0) is 19.1 Å². The first kappa shape index (κ1) is 31.4. The second-order valence-electron chi connectivity index (χ2n) is 10.4. The molecule has 0 aromatic heterocycles. The van der Waals surface area contributed by atoms with Crippen molar-refractivity contribution in [3.8, 4) is 0 Å². The first-order valence-electron chi connectivity index (χ1n) is 13.8. The molecule has 0 heterocycles. The minimum absolute atomic E-state index is 0.0618. The molecule has 0 saturated heterocycles. The van der Waals surface area contributed by atoms with Gasteiger partial charge in [-0.25, -0.2) is 0 Å². The smallest absolute Gasteiger partial charge is 0.226 e. The Hall–Kier alpha value is -1.84. The van der Waals surface area contributed by atoms with Crippen LogP contribution in [0.3, 0.4) is 0 Å². The molecule has 2 unspecified atom stereocenters. The van der Waals surface area contributed by atoms with E-state index in [1.807, 2.05) is 44.2 Å². The van der Waals surface area contributed by atoms with E-state index in [9.17, 15) is 24.9 Å². The van der Waals surface area contributed by atoms with Gasteiger partial charge >= 0.3 is 0 Å². The molecule has 2 rings (SSSR count).